The third-order valence-electron chi connectivity index (χ3n) is 7.03. The number of rotatable bonds is 11. The molecular weight excluding hydrogens is 598 g/mol. The molecule has 0 spiro atoms. The number of carbonyl (C=O) groups excluding carboxylic acids is 1. The number of carboxylic acid groups (broad SMARTS) is 1. The summed E-state index contributed by atoms with van der Waals surface area (Å²) in [5.41, 5.74) is 2.17. The van der Waals surface area contributed by atoms with Crippen LogP contribution in [0.25, 0.3) is 29.4 Å². The van der Waals surface area contributed by atoms with Crippen LogP contribution >= 0.6 is 0 Å². The fraction of sp³-hybridized carbons (Fsp3) is 0.118. The Morgan fingerprint density at radius 1 is 0.717 bits per heavy atom. The topological polar surface area (TPSA) is 217 Å². The molecule has 0 heterocycles. The van der Waals surface area contributed by atoms with Gasteiger partial charge >= 0.3 is 11.9 Å². The molecule has 2 atom stereocenters. The zero-order chi connectivity index (χ0) is 33.5. The van der Waals surface area contributed by atoms with Crippen molar-refractivity contribution in [1.29, 1.82) is 0 Å². The van der Waals surface area contributed by atoms with E-state index in [0.717, 1.165) is 6.08 Å². The summed E-state index contributed by atoms with van der Waals surface area (Å²) in [7, 11) is 1.56. The second-order valence-corrected chi connectivity index (χ2v) is 10.2. The minimum Gasteiger partial charge on any atom is -0.508 e. The van der Waals surface area contributed by atoms with Crippen molar-refractivity contribution < 1.29 is 55.2 Å². The van der Waals surface area contributed by atoms with Crippen molar-refractivity contribution in [1.82, 2.24) is 5.32 Å². The monoisotopic (exact) mass is 629 g/mol. The number of ether oxygens (including phenoxy) is 1. The first kappa shape index (κ1) is 32.8. The SMILES string of the molecule is CNC[C@@H](c1ccc(O)c(O)c1)[C@@H](OC(=O)/C=C/c1cc(O)c(O)cc1/C=C/c1cc(O)c(O)cc1-c1cccc(O)c1)C(=O)O. The van der Waals surface area contributed by atoms with Crippen molar-refractivity contribution in [3.05, 3.63) is 95.1 Å². The lowest BCUT2D eigenvalue weighted by atomic mass is 9.92. The Morgan fingerprint density at radius 2 is 1.30 bits per heavy atom. The number of likely N-dealkylation sites (N-methyl/N-ethyl adjacent to an activating group) is 1. The molecule has 0 aliphatic heterocycles. The summed E-state index contributed by atoms with van der Waals surface area (Å²) in [6.07, 6.45) is 3.52. The summed E-state index contributed by atoms with van der Waals surface area (Å²) in [5, 5.41) is 82.8. The van der Waals surface area contributed by atoms with Crippen molar-refractivity contribution in [3.63, 3.8) is 0 Å². The largest absolute Gasteiger partial charge is 0.508 e. The van der Waals surface area contributed by atoms with Crippen molar-refractivity contribution in [2.75, 3.05) is 13.6 Å². The zero-order valence-corrected chi connectivity index (χ0v) is 24.3. The van der Waals surface area contributed by atoms with Crippen LogP contribution in [0, 0.1) is 0 Å². The summed E-state index contributed by atoms with van der Waals surface area (Å²) in [5.74, 6) is -6.13. The Balaban J connectivity index is 1.65. The summed E-state index contributed by atoms with van der Waals surface area (Å²) >= 11 is 0. The Morgan fingerprint density at radius 3 is 1.91 bits per heavy atom. The van der Waals surface area contributed by atoms with Gasteiger partial charge in [0.2, 0.25) is 6.10 Å². The number of hydrogen-bond donors (Lipinski definition) is 9. The number of esters is 1. The lowest BCUT2D eigenvalue weighted by molar-refractivity contribution is -0.162. The van der Waals surface area contributed by atoms with Crippen LogP contribution in [0.5, 0.6) is 40.2 Å². The number of hydrogen-bond acceptors (Lipinski definition) is 11. The molecule has 0 aliphatic carbocycles. The highest BCUT2D eigenvalue weighted by molar-refractivity contribution is 5.91. The van der Waals surface area contributed by atoms with Gasteiger partial charge in [-0.1, -0.05) is 30.4 Å². The summed E-state index contributed by atoms with van der Waals surface area (Å²) in [6.45, 7) is 0.0381. The number of benzene rings is 4. The van der Waals surface area contributed by atoms with E-state index >= 15 is 0 Å². The summed E-state index contributed by atoms with van der Waals surface area (Å²) < 4.78 is 5.28. The molecule has 0 aromatic heterocycles. The van der Waals surface area contributed by atoms with E-state index in [0.29, 0.717) is 16.7 Å². The number of aliphatic carboxylic acids is 1. The van der Waals surface area contributed by atoms with Gasteiger partial charge in [0, 0.05) is 18.5 Å². The van der Waals surface area contributed by atoms with Crippen molar-refractivity contribution >= 4 is 30.2 Å². The molecule has 12 nitrogen and oxygen atoms in total. The Kier molecular flexibility index (Phi) is 10.0. The van der Waals surface area contributed by atoms with Crippen LogP contribution in [0.1, 0.15) is 28.2 Å². The van der Waals surface area contributed by atoms with Gasteiger partial charge in [-0.15, -0.1) is 0 Å². The predicted molar refractivity (Wildman–Crippen MR) is 169 cm³/mol. The Labute approximate surface area is 262 Å². The van der Waals surface area contributed by atoms with Gasteiger partial charge in [-0.05, 0) is 95.0 Å². The molecule has 0 bridgehead atoms. The maximum atomic E-state index is 12.8. The molecule has 46 heavy (non-hydrogen) atoms. The van der Waals surface area contributed by atoms with Crippen LogP contribution in [0.4, 0.5) is 0 Å². The maximum Gasteiger partial charge on any atom is 0.345 e. The van der Waals surface area contributed by atoms with E-state index in [1.165, 1.54) is 72.8 Å². The highest BCUT2D eigenvalue weighted by atomic mass is 16.6. The van der Waals surface area contributed by atoms with Crippen LogP contribution in [-0.4, -0.2) is 72.5 Å². The van der Waals surface area contributed by atoms with E-state index in [9.17, 15) is 50.4 Å². The molecule has 4 rings (SSSR count). The first-order valence-electron chi connectivity index (χ1n) is 13.7. The van der Waals surface area contributed by atoms with Gasteiger partial charge in [-0.2, -0.15) is 0 Å². The van der Waals surface area contributed by atoms with Gasteiger partial charge in [0.15, 0.2) is 34.5 Å². The molecule has 12 heteroatoms. The van der Waals surface area contributed by atoms with E-state index in [1.54, 1.807) is 19.2 Å². The van der Waals surface area contributed by atoms with Crippen LogP contribution in [0.15, 0.2) is 72.8 Å². The Hall–Kier alpha value is -6.14. The zero-order valence-electron chi connectivity index (χ0n) is 24.3. The smallest absolute Gasteiger partial charge is 0.345 e. The van der Waals surface area contributed by atoms with Gasteiger partial charge in [0.05, 0.1) is 0 Å². The van der Waals surface area contributed by atoms with E-state index < -0.39 is 58.5 Å². The minimum atomic E-state index is -1.70. The Bertz CT molecular complexity index is 1830. The molecule has 238 valence electrons. The maximum absolute atomic E-state index is 12.8. The first-order chi connectivity index (χ1) is 21.9. The molecule has 0 aliphatic rings. The average Bonchev–Trinajstić information content (AvgIpc) is 3.01. The summed E-state index contributed by atoms with van der Waals surface area (Å²) in [4.78, 5) is 25.0. The quantitative estimate of drug-likeness (QED) is 0.0486. The number of phenolic OH excluding ortho intramolecular Hbond substituents is 7. The van der Waals surface area contributed by atoms with Gasteiger partial charge < -0.3 is 50.9 Å². The van der Waals surface area contributed by atoms with E-state index in [-0.39, 0.29) is 29.0 Å². The predicted octanol–water partition coefficient (Wildman–Crippen LogP) is 4.48. The number of carbonyl (C=O) groups is 2. The van der Waals surface area contributed by atoms with Gasteiger partial charge in [-0.25, -0.2) is 9.59 Å². The third kappa shape index (κ3) is 7.68. The average molecular weight is 630 g/mol. The van der Waals surface area contributed by atoms with Crippen LogP contribution in [0.3, 0.4) is 0 Å². The molecule has 0 fully saturated rings. The van der Waals surface area contributed by atoms with Gasteiger partial charge in [0.1, 0.15) is 5.75 Å². The number of nitrogens with one attached hydrogen (secondary N) is 1. The standard InChI is InChI=1S/C34H31NO11/c1-35-17-25(22-7-9-26(37)27(38)15-22)33(34(44)45)46-32(43)10-8-19-13-29(40)28(39)12-18(19)5-6-21-14-30(41)31(42)16-24(21)20-3-2-4-23(36)11-20/h2-16,25,33,35-42H,17H2,1H3,(H,44,45)/b6-5+,10-8+/t25-,33+/m0/s1. The second-order valence-electron chi connectivity index (χ2n) is 10.2. The van der Waals surface area contributed by atoms with E-state index in [1.807, 2.05) is 0 Å². The van der Waals surface area contributed by atoms with E-state index in [4.69, 9.17) is 4.74 Å². The van der Waals surface area contributed by atoms with E-state index in [2.05, 4.69) is 5.32 Å². The normalized spacial score (nSPS) is 12.7. The molecule has 0 unspecified atom stereocenters. The van der Waals surface area contributed by atoms with Crippen molar-refractivity contribution in [3.8, 4) is 51.4 Å². The number of carboxylic acids is 1. The first-order valence-corrected chi connectivity index (χ1v) is 13.7. The molecule has 4 aromatic carbocycles. The lowest BCUT2D eigenvalue weighted by Crippen LogP contribution is -2.37. The third-order valence-corrected chi connectivity index (χ3v) is 7.03. The van der Waals surface area contributed by atoms with Gasteiger partial charge in [-0.3, -0.25) is 0 Å². The van der Waals surface area contributed by atoms with Crippen LogP contribution < -0.4 is 5.32 Å². The van der Waals surface area contributed by atoms with Crippen molar-refractivity contribution in [2.45, 2.75) is 12.0 Å². The molecule has 9 N–H and O–H groups in total. The minimum absolute atomic E-state index is 0.0219. The molecular formula is C34H31NO11. The molecule has 4 aromatic rings. The van der Waals surface area contributed by atoms with Crippen LogP contribution in [0.2, 0.25) is 0 Å². The van der Waals surface area contributed by atoms with Crippen LogP contribution in [-0.2, 0) is 14.3 Å². The highest BCUT2D eigenvalue weighted by Crippen LogP contribution is 2.37. The second kappa shape index (κ2) is 14.1. The fourth-order valence-corrected chi connectivity index (χ4v) is 4.75. The molecule has 0 amide bonds. The van der Waals surface area contributed by atoms with Gasteiger partial charge in [0.25, 0.3) is 0 Å². The lowest BCUT2D eigenvalue weighted by Gasteiger charge is -2.24. The molecule has 0 radical (unpaired) electrons. The number of phenols is 7. The summed E-state index contributed by atoms with van der Waals surface area (Å²) in [6, 6.07) is 15.0. The fourth-order valence-electron chi connectivity index (χ4n) is 4.75. The molecule has 0 saturated carbocycles. The molecule has 0 saturated heterocycles. The highest BCUT2D eigenvalue weighted by Gasteiger charge is 2.33. The number of aromatic hydroxyl groups is 7. The van der Waals surface area contributed by atoms with Crippen molar-refractivity contribution in [2.24, 2.45) is 0 Å².